The smallest absolute Gasteiger partial charge is 0.0938 e. The molecule has 3 heterocycles. The fourth-order valence-corrected chi connectivity index (χ4v) is 5.03. The lowest BCUT2D eigenvalue weighted by Gasteiger charge is -2.25. The Balaban J connectivity index is 1.55. The fourth-order valence-electron chi connectivity index (χ4n) is 5.03. The Morgan fingerprint density at radius 3 is 2.35 bits per heavy atom. The Labute approximate surface area is 200 Å². The van der Waals surface area contributed by atoms with Gasteiger partial charge in [-0.2, -0.15) is 0 Å². The van der Waals surface area contributed by atoms with Crippen molar-refractivity contribution in [1.29, 1.82) is 0 Å². The Hall–Kier alpha value is -4.05. The third kappa shape index (κ3) is 3.26. The zero-order chi connectivity index (χ0) is 23.3. The lowest BCUT2D eigenvalue weighted by atomic mass is 9.81. The zero-order valence-electron chi connectivity index (χ0n) is 19.8. The summed E-state index contributed by atoms with van der Waals surface area (Å²) in [6, 6.07) is 30.5. The SMILES string of the molecule is CN1C=CN(c2ccc3c4ccccc4n(-c4cccc(C(C)(C)c5ccccn5)c4)c3c2)C1. The van der Waals surface area contributed by atoms with Crippen LogP contribution in [0.4, 0.5) is 5.69 Å². The lowest BCUT2D eigenvalue weighted by Crippen LogP contribution is -2.21. The third-order valence-electron chi connectivity index (χ3n) is 7.00. The molecule has 0 fully saturated rings. The van der Waals surface area contributed by atoms with E-state index in [2.05, 4.69) is 132 Å². The van der Waals surface area contributed by atoms with Crippen LogP contribution in [0, 0.1) is 0 Å². The fraction of sp³-hybridized carbons (Fsp3) is 0.167. The molecule has 3 aromatic carbocycles. The average Bonchev–Trinajstić information content (AvgIpc) is 3.45. The normalized spacial score (nSPS) is 14.0. The molecule has 0 bridgehead atoms. The highest BCUT2D eigenvalue weighted by Gasteiger charge is 2.25. The van der Waals surface area contributed by atoms with Crippen LogP contribution in [0.5, 0.6) is 0 Å². The van der Waals surface area contributed by atoms with E-state index in [4.69, 9.17) is 0 Å². The molecule has 2 aromatic heterocycles. The number of rotatable bonds is 4. The average molecular weight is 445 g/mol. The van der Waals surface area contributed by atoms with Gasteiger partial charge in [0.2, 0.25) is 0 Å². The van der Waals surface area contributed by atoms with Crippen molar-refractivity contribution in [2.24, 2.45) is 0 Å². The van der Waals surface area contributed by atoms with E-state index in [0.29, 0.717) is 0 Å². The number of hydrogen-bond donors (Lipinski definition) is 0. The second-order valence-electron chi connectivity index (χ2n) is 9.61. The molecule has 4 nitrogen and oxygen atoms in total. The zero-order valence-corrected chi connectivity index (χ0v) is 19.8. The summed E-state index contributed by atoms with van der Waals surface area (Å²) in [5, 5.41) is 2.54. The molecular weight excluding hydrogens is 416 g/mol. The predicted molar refractivity (Wildman–Crippen MR) is 141 cm³/mol. The predicted octanol–water partition coefficient (Wildman–Crippen LogP) is 6.69. The van der Waals surface area contributed by atoms with E-state index in [-0.39, 0.29) is 5.41 Å². The summed E-state index contributed by atoms with van der Waals surface area (Å²) in [7, 11) is 2.10. The monoisotopic (exact) mass is 444 g/mol. The number of nitrogens with zero attached hydrogens (tertiary/aromatic N) is 4. The van der Waals surface area contributed by atoms with Gasteiger partial charge in [-0.15, -0.1) is 0 Å². The van der Waals surface area contributed by atoms with Gasteiger partial charge in [0.05, 0.1) is 23.4 Å². The molecular formula is C30H28N4. The van der Waals surface area contributed by atoms with Gasteiger partial charge in [0.15, 0.2) is 0 Å². The number of anilines is 1. The molecule has 0 atom stereocenters. The Morgan fingerprint density at radius 1 is 0.735 bits per heavy atom. The number of para-hydroxylation sites is 1. The number of pyridine rings is 1. The maximum Gasteiger partial charge on any atom is 0.0938 e. The summed E-state index contributed by atoms with van der Waals surface area (Å²) in [6.45, 7) is 5.35. The Morgan fingerprint density at radius 2 is 1.56 bits per heavy atom. The topological polar surface area (TPSA) is 24.3 Å². The summed E-state index contributed by atoms with van der Waals surface area (Å²) in [5.74, 6) is 0. The van der Waals surface area contributed by atoms with E-state index >= 15 is 0 Å². The standard InChI is InChI=1S/C30H28N4/c1-30(2,29-13-6-7-16-31-29)22-9-8-10-24(19-22)34-27-12-5-4-11-25(27)26-15-14-23(20-28(26)34)33-18-17-32(3)21-33/h4-20H,21H2,1-3H3. The van der Waals surface area contributed by atoms with Crippen LogP contribution in [0.3, 0.4) is 0 Å². The number of aromatic nitrogens is 2. The first kappa shape index (κ1) is 20.5. The quantitative estimate of drug-likeness (QED) is 0.309. The van der Waals surface area contributed by atoms with Crippen LogP contribution in [-0.4, -0.2) is 28.2 Å². The second kappa shape index (κ2) is 7.77. The van der Waals surface area contributed by atoms with Crippen LogP contribution in [-0.2, 0) is 5.41 Å². The van der Waals surface area contributed by atoms with E-state index in [0.717, 1.165) is 12.4 Å². The van der Waals surface area contributed by atoms with Crippen LogP contribution < -0.4 is 4.90 Å². The largest absolute Gasteiger partial charge is 0.361 e. The highest BCUT2D eigenvalue weighted by molar-refractivity contribution is 6.10. The van der Waals surface area contributed by atoms with Crippen molar-refractivity contribution in [2.45, 2.75) is 19.3 Å². The molecule has 0 unspecified atom stereocenters. The summed E-state index contributed by atoms with van der Waals surface area (Å²) in [6.07, 6.45) is 6.13. The maximum absolute atomic E-state index is 4.66. The summed E-state index contributed by atoms with van der Waals surface area (Å²) in [5.41, 5.74) is 6.91. The van der Waals surface area contributed by atoms with Crippen molar-refractivity contribution < 1.29 is 0 Å². The minimum absolute atomic E-state index is 0.202. The minimum Gasteiger partial charge on any atom is -0.361 e. The van der Waals surface area contributed by atoms with Gasteiger partial charge in [-0.3, -0.25) is 4.98 Å². The van der Waals surface area contributed by atoms with Gasteiger partial charge < -0.3 is 14.4 Å². The maximum atomic E-state index is 4.66. The molecule has 0 saturated carbocycles. The van der Waals surface area contributed by atoms with E-state index in [1.54, 1.807) is 0 Å². The van der Waals surface area contributed by atoms with Crippen LogP contribution in [0.15, 0.2) is 104 Å². The molecule has 0 amide bonds. The summed E-state index contributed by atoms with van der Waals surface area (Å²) in [4.78, 5) is 9.12. The van der Waals surface area contributed by atoms with E-state index in [1.807, 2.05) is 12.3 Å². The van der Waals surface area contributed by atoms with Crippen LogP contribution in [0.1, 0.15) is 25.1 Å². The van der Waals surface area contributed by atoms with Gasteiger partial charge in [-0.25, -0.2) is 0 Å². The van der Waals surface area contributed by atoms with Crippen LogP contribution in [0.25, 0.3) is 27.5 Å². The number of fused-ring (bicyclic) bond motifs is 3. The van der Waals surface area contributed by atoms with Crippen LogP contribution >= 0.6 is 0 Å². The molecule has 0 N–H and O–H groups in total. The van der Waals surface area contributed by atoms with Crippen molar-refractivity contribution in [3.63, 3.8) is 0 Å². The van der Waals surface area contributed by atoms with E-state index in [1.165, 1.54) is 38.7 Å². The molecule has 4 heteroatoms. The van der Waals surface area contributed by atoms with Crippen molar-refractivity contribution >= 4 is 27.5 Å². The second-order valence-corrected chi connectivity index (χ2v) is 9.61. The first-order valence-electron chi connectivity index (χ1n) is 11.7. The van der Waals surface area contributed by atoms with Crippen LogP contribution in [0.2, 0.25) is 0 Å². The molecule has 168 valence electrons. The first-order chi connectivity index (χ1) is 16.5. The molecule has 34 heavy (non-hydrogen) atoms. The summed E-state index contributed by atoms with van der Waals surface area (Å²) >= 11 is 0. The molecule has 5 aromatic rings. The van der Waals surface area contributed by atoms with Gasteiger partial charge in [0.1, 0.15) is 0 Å². The molecule has 0 aliphatic carbocycles. The van der Waals surface area contributed by atoms with Crippen molar-refractivity contribution in [3.8, 4) is 5.69 Å². The van der Waals surface area contributed by atoms with E-state index < -0.39 is 0 Å². The molecule has 6 rings (SSSR count). The summed E-state index contributed by atoms with van der Waals surface area (Å²) < 4.78 is 2.40. The van der Waals surface area contributed by atoms with Gasteiger partial charge >= 0.3 is 0 Å². The highest BCUT2D eigenvalue weighted by atomic mass is 15.3. The Kier molecular flexibility index (Phi) is 4.70. The molecule has 1 aliphatic rings. The molecule has 1 aliphatic heterocycles. The van der Waals surface area contributed by atoms with Gasteiger partial charge in [0.25, 0.3) is 0 Å². The van der Waals surface area contributed by atoms with Gasteiger partial charge in [-0.1, -0.05) is 56.3 Å². The van der Waals surface area contributed by atoms with Crippen molar-refractivity contribution in [3.05, 3.63) is 115 Å². The van der Waals surface area contributed by atoms with Crippen molar-refractivity contribution in [2.75, 3.05) is 18.6 Å². The Bertz CT molecular complexity index is 1530. The lowest BCUT2D eigenvalue weighted by molar-refractivity contribution is 0.496. The number of benzene rings is 3. The van der Waals surface area contributed by atoms with Gasteiger partial charge in [-0.05, 0) is 48.0 Å². The van der Waals surface area contributed by atoms with Crippen molar-refractivity contribution in [1.82, 2.24) is 14.5 Å². The minimum atomic E-state index is -0.202. The third-order valence-corrected chi connectivity index (χ3v) is 7.00. The van der Waals surface area contributed by atoms with E-state index in [9.17, 15) is 0 Å². The molecule has 0 saturated heterocycles. The number of hydrogen-bond acceptors (Lipinski definition) is 3. The molecule has 0 radical (unpaired) electrons. The highest BCUT2D eigenvalue weighted by Crippen LogP contribution is 2.37. The first-order valence-corrected chi connectivity index (χ1v) is 11.7. The molecule has 0 spiro atoms. The van der Waals surface area contributed by atoms with Gasteiger partial charge in [0, 0.05) is 53.2 Å².